The lowest BCUT2D eigenvalue weighted by Crippen LogP contribution is -2.40. The van der Waals surface area contributed by atoms with Crippen LogP contribution in [-0.2, 0) is 9.59 Å². The van der Waals surface area contributed by atoms with E-state index in [9.17, 15) is 18.4 Å². The molecule has 0 aromatic heterocycles. The summed E-state index contributed by atoms with van der Waals surface area (Å²) in [4.78, 5) is 25.0. The monoisotopic (exact) mass is 360 g/mol. The first-order valence-electron chi connectivity index (χ1n) is 6.59. The molecule has 1 aromatic carbocycles. The van der Waals surface area contributed by atoms with Gasteiger partial charge in [0.05, 0.1) is 5.69 Å². The quantitative estimate of drug-likeness (QED) is 0.881. The minimum absolute atomic E-state index is 0.0128. The topological polar surface area (TPSA) is 49.4 Å². The van der Waals surface area contributed by atoms with E-state index in [4.69, 9.17) is 0 Å². The van der Waals surface area contributed by atoms with Gasteiger partial charge in [0, 0.05) is 36.5 Å². The van der Waals surface area contributed by atoms with Crippen molar-refractivity contribution in [3.8, 4) is 0 Å². The lowest BCUT2D eigenvalue weighted by molar-refractivity contribution is -0.132. The molecule has 0 aliphatic carbocycles. The van der Waals surface area contributed by atoms with Gasteiger partial charge in [0.25, 0.3) is 0 Å². The van der Waals surface area contributed by atoms with Gasteiger partial charge in [-0.1, -0.05) is 0 Å². The van der Waals surface area contributed by atoms with Gasteiger partial charge in [0.15, 0.2) is 5.82 Å². The van der Waals surface area contributed by atoms with E-state index in [0.29, 0.717) is 25.9 Å². The van der Waals surface area contributed by atoms with E-state index in [-0.39, 0.29) is 27.9 Å². The number of carbonyl (C=O) groups is 2. The summed E-state index contributed by atoms with van der Waals surface area (Å²) in [6.45, 7) is 2.52. The van der Waals surface area contributed by atoms with Gasteiger partial charge >= 0.3 is 0 Å². The second-order valence-electron chi connectivity index (χ2n) is 5.01. The van der Waals surface area contributed by atoms with Crippen LogP contribution in [0.25, 0.3) is 0 Å². The first-order chi connectivity index (χ1) is 9.88. The molecule has 0 bridgehead atoms. The number of amides is 2. The zero-order valence-electron chi connectivity index (χ0n) is 11.5. The van der Waals surface area contributed by atoms with E-state index in [1.807, 2.05) is 0 Å². The van der Waals surface area contributed by atoms with Crippen LogP contribution >= 0.6 is 15.9 Å². The maximum atomic E-state index is 13.7. The van der Waals surface area contributed by atoms with Crippen molar-refractivity contribution in [3.63, 3.8) is 0 Å². The molecule has 1 heterocycles. The summed E-state index contributed by atoms with van der Waals surface area (Å²) in [5, 5.41) is 2.49. The molecule has 1 aliphatic rings. The molecule has 0 spiro atoms. The summed E-state index contributed by atoms with van der Waals surface area (Å²) in [5.74, 6) is -2.15. The third-order valence-electron chi connectivity index (χ3n) is 3.57. The number of nitrogens with one attached hydrogen (secondary N) is 1. The highest BCUT2D eigenvalue weighted by atomic mass is 79.9. The molecule has 1 aliphatic heterocycles. The third kappa shape index (κ3) is 3.78. The van der Waals surface area contributed by atoms with Gasteiger partial charge in [-0.25, -0.2) is 8.78 Å². The lowest BCUT2D eigenvalue weighted by atomic mass is 9.96. The summed E-state index contributed by atoms with van der Waals surface area (Å²) in [6.07, 6.45) is 1.07. The van der Waals surface area contributed by atoms with Crippen LogP contribution in [0, 0.1) is 17.6 Å². The smallest absolute Gasteiger partial charge is 0.227 e. The molecule has 21 heavy (non-hydrogen) atoms. The Kier molecular flexibility index (Phi) is 4.92. The molecule has 114 valence electrons. The minimum Gasteiger partial charge on any atom is -0.343 e. The standard InChI is InChI=1S/C14H15BrF2N2O2/c1-8(20)19-4-2-9(3-5-19)14(21)18-13-11(15)6-10(16)7-12(13)17/h6-7,9H,2-5H2,1H3,(H,18,21). The van der Waals surface area contributed by atoms with Crippen LogP contribution in [0.15, 0.2) is 16.6 Å². The number of benzene rings is 1. The molecule has 1 aromatic rings. The Morgan fingerprint density at radius 3 is 2.43 bits per heavy atom. The van der Waals surface area contributed by atoms with Crippen molar-refractivity contribution in [2.75, 3.05) is 18.4 Å². The Bertz CT molecular complexity index is 549. The zero-order valence-corrected chi connectivity index (χ0v) is 13.0. The number of anilines is 1. The number of rotatable bonds is 2. The van der Waals surface area contributed by atoms with Crippen LogP contribution < -0.4 is 5.32 Å². The summed E-state index contributed by atoms with van der Waals surface area (Å²) in [5.41, 5.74) is -0.0598. The first-order valence-corrected chi connectivity index (χ1v) is 7.38. The summed E-state index contributed by atoms with van der Waals surface area (Å²) >= 11 is 3.03. The Hall–Kier alpha value is -1.50. The molecular weight excluding hydrogens is 346 g/mol. The Morgan fingerprint density at radius 2 is 1.90 bits per heavy atom. The molecule has 0 radical (unpaired) electrons. The van der Waals surface area contributed by atoms with Crippen LogP contribution in [0.2, 0.25) is 0 Å². The minimum atomic E-state index is -0.823. The Morgan fingerprint density at radius 1 is 1.29 bits per heavy atom. The highest BCUT2D eigenvalue weighted by Crippen LogP contribution is 2.28. The largest absolute Gasteiger partial charge is 0.343 e. The van der Waals surface area contributed by atoms with Crippen LogP contribution in [0.1, 0.15) is 19.8 Å². The first kappa shape index (κ1) is 15.9. The Labute approximate surface area is 129 Å². The molecular formula is C14H15BrF2N2O2. The predicted molar refractivity (Wildman–Crippen MR) is 77.7 cm³/mol. The van der Waals surface area contributed by atoms with Crippen molar-refractivity contribution in [3.05, 3.63) is 28.2 Å². The number of halogens is 3. The van der Waals surface area contributed by atoms with Gasteiger partial charge in [-0.3, -0.25) is 9.59 Å². The molecule has 4 nitrogen and oxygen atoms in total. The van der Waals surface area contributed by atoms with Crippen molar-refractivity contribution < 1.29 is 18.4 Å². The van der Waals surface area contributed by atoms with Gasteiger partial charge < -0.3 is 10.2 Å². The van der Waals surface area contributed by atoms with Gasteiger partial charge in [-0.2, -0.15) is 0 Å². The van der Waals surface area contributed by atoms with E-state index in [0.717, 1.165) is 12.1 Å². The predicted octanol–water partition coefficient (Wildman–Crippen LogP) is 2.92. The number of hydrogen-bond donors (Lipinski definition) is 1. The fourth-order valence-corrected chi connectivity index (χ4v) is 2.85. The summed E-state index contributed by atoms with van der Waals surface area (Å²) in [7, 11) is 0. The number of nitrogens with zero attached hydrogens (tertiary/aromatic N) is 1. The molecule has 2 amide bonds. The molecule has 0 unspecified atom stereocenters. The van der Waals surface area contributed by atoms with Gasteiger partial charge in [0.1, 0.15) is 5.82 Å². The summed E-state index contributed by atoms with van der Waals surface area (Å²) in [6, 6.07) is 1.82. The average molecular weight is 361 g/mol. The van der Waals surface area contributed by atoms with Crippen molar-refractivity contribution in [1.82, 2.24) is 4.90 Å². The van der Waals surface area contributed by atoms with E-state index < -0.39 is 11.6 Å². The second kappa shape index (κ2) is 6.51. The molecule has 1 saturated heterocycles. The van der Waals surface area contributed by atoms with Crippen LogP contribution in [0.4, 0.5) is 14.5 Å². The number of piperidine rings is 1. The molecule has 7 heteroatoms. The van der Waals surface area contributed by atoms with Crippen molar-refractivity contribution >= 4 is 33.4 Å². The van der Waals surface area contributed by atoms with E-state index in [1.165, 1.54) is 6.92 Å². The lowest BCUT2D eigenvalue weighted by Gasteiger charge is -2.30. The van der Waals surface area contributed by atoms with Gasteiger partial charge in [-0.05, 0) is 34.8 Å². The molecule has 0 atom stereocenters. The van der Waals surface area contributed by atoms with Crippen LogP contribution in [-0.4, -0.2) is 29.8 Å². The number of hydrogen-bond acceptors (Lipinski definition) is 2. The molecule has 2 rings (SSSR count). The van der Waals surface area contributed by atoms with E-state index in [2.05, 4.69) is 21.2 Å². The normalized spacial score (nSPS) is 15.9. The highest BCUT2D eigenvalue weighted by Gasteiger charge is 2.27. The number of carbonyl (C=O) groups excluding carboxylic acids is 2. The Balaban J connectivity index is 2.01. The van der Waals surface area contributed by atoms with Crippen molar-refractivity contribution in [2.45, 2.75) is 19.8 Å². The number of likely N-dealkylation sites (tertiary alicyclic amines) is 1. The maximum Gasteiger partial charge on any atom is 0.227 e. The SMILES string of the molecule is CC(=O)N1CCC(C(=O)Nc2c(F)cc(F)cc2Br)CC1. The van der Waals surface area contributed by atoms with Crippen molar-refractivity contribution in [2.24, 2.45) is 5.92 Å². The molecule has 1 fully saturated rings. The maximum absolute atomic E-state index is 13.7. The zero-order chi connectivity index (χ0) is 15.6. The summed E-state index contributed by atoms with van der Waals surface area (Å²) < 4.78 is 26.8. The van der Waals surface area contributed by atoms with Crippen molar-refractivity contribution in [1.29, 1.82) is 0 Å². The fraction of sp³-hybridized carbons (Fsp3) is 0.429. The highest BCUT2D eigenvalue weighted by molar-refractivity contribution is 9.10. The van der Waals surface area contributed by atoms with Crippen LogP contribution in [0.5, 0.6) is 0 Å². The van der Waals surface area contributed by atoms with Crippen LogP contribution in [0.3, 0.4) is 0 Å². The molecule has 0 saturated carbocycles. The van der Waals surface area contributed by atoms with Gasteiger partial charge in [0.2, 0.25) is 11.8 Å². The van der Waals surface area contributed by atoms with E-state index in [1.54, 1.807) is 4.90 Å². The van der Waals surface area contributed by atoms with E-state index >= 15 is 0 Å². The van der Waals surface area contributed by atoms with Gasteiger partial charge in [-0.15, -0.1) is 0 Å². The fourth-order valence-electron chi connectivity index (χ4n) is 2.34. The second-order valence-corrected chi connectivity index (χ2v) is 5.87. The molecule has 1 N–H and O–H groups in total. The third-order valence-corrected chi connectivity index (χ3v) is 4.19. The average Bonchev–Trinajstić information content (AvgIpc) is 2.42.